The first-order valence-corrected chi connectivity index (χ1v) is 9.52. The van der Waals surface area contributed by atoms with E-state index in [1.807, 2.05) is 19.1 Å². The molecule has 3 nitrogen and oxygen atoms in total. The number of halogens is 1. The Labute approximate surface area is 109 Å². The lowest BCUT2D eigenvalue weighted by molar-refractivity contribution is 0.254. The fourth-order valence-electron chi connectivity index (χ4n) is 1.82. The quantitative estimate of drug-likeness (QED) is 0.844. The van der Waals surface area contributed by atoms with Crippen LogP contribution in [-0.4, -0.2) is 20.6 Å². The number of carbonyl (C=O) groups excluding carboxylic acids is 1. The molecule has 2 N–H and O–H groups in total. The Balaban J connectivity index is 3.44. The molecule has 0 bridgehead atoms. The molecule has 1 aromatic rings. The van der Waals surface area contributed by atoms with Gasteiger partial charge in [-0.1, -0.05) is 43.4 Å². The molecular weight excluding hydrogens is 252 g/mol. The Morgan fingerprint density at radius 2 is 2.00 bits per heavy atom. The van der Waals surface area contributed by atoms with E-state index in [9.17, 15) is 4.79 Å². The number of nitrogens with zero attached hydrogens (tertiary/aromatic N) is 1. The van der Waals surface area contributed by atoms with E-state index in [4.69, 9.17) is 17.3 Å². The molecular formula is C12H19ClN2OSi. The maximum atomic E-state index is 11.5. The summed E-state index contributed by atoms with van der Waals surface area (Å²) in [6.07, 6.45) is 0. The van der Waals surface area contributed by atoms with E-state index in [0.29, 0.717) is 11.6 Å². The predicted molar refractivity (Wildman–Crippen MR) is 77.0 cm³/mol. The maximum Gasteiger partial charge on any atom is 0.319 e. The zero-order valence-electron chi connectivity index (χ0n) is 10.7. The number of nitrogens with two attached hydrogens (primary N) is 1. The highest BCUT2D eigenvalue weighted by atomic mass is 35.5. The van der Waals surface area contributed by atoms with Gasteiger partial charge in [0.25, 0.3) is 0 Å². The molecule has 0 aliphatic rings. The van der Waals surface area contributed by atoms with Gasteiger partial charge in [0.1, 0.15) is 0 Å². The van der Waals surface area contributed by atoms with Crippen LogP contribution in [0.5, 0.6) is 0 Å². The van der Waals surface area contributed by atoms with Gasteiger partial charge in [-0.25, -0.2) is 4.79 Å². The standard InChI is InChI=1S/C12H19ClN2OSi/c1-5-15(12(14)16)11-9(13)7-6-8-10(11)17(2,3)4/h6-8H,5H2,1-4H3,(H2,14,16). The molecule has 5 heteroatoms. The molecule has 0 fully saturated rings. The normalized spacial score (nSPS) is 11.4. The van der Waals surface area contributed by atoms with E-state index in [1.54, 1.807) is 6.07 Å². The Morgan fingerprint density at radius 3 is 2.41 bits per heavy atom. The van der Waals surface area contributed by atoms with Gasteiger partial charge < -0.3 is 5.73 Å². The lowest BCUT2D eigenvalue weighted by Gasteiger charge is -2.28. The van der Waals surface area contributed by atoms with Gasteiger partial charge in [0.15, 0.2) is 0 Å². The fourth-order valence-corrected chi connectivity index (χ4v) is 3.75. The summed E-state index contributed by atoms with van der Waals surface area (Å²) in [5.74, 6) is 0. The first kappa shape index (κ1) is 14.1. The minimum atomic E-state index is -1.57. The van der Waals surface area contributed by atoms with Crippen LogP contribution < -0.4 is 15.8 Å². The molecule has 0 spiro atoms. The Hall–Kier alpha value is -1.00. The predicted octanol–water partition coefficient (Wildman–Crippen LogP) is 2.79. The van der Waals surface area contributed by atoms with Gasteiger partial charge in [0.2, 0.25) is 0 Å². The minimum absolute atomic E-state index is 0.458. The molecule has 0 unspecified atom stereocenters. The summed E-state index contributed by atoms with van der Waals surface area (Å²) >= 11 is 6.23. The molecule has 0 saturated carbocycles. The van der Waals surface area contributed by atoms with E-state index in [1.165, 1.54) is 4.90 Å². The van der Waals surface area contributed by atoms with Gasteiger partial charge in [-0.2, -0.15) is 0 Å². The largest absolute Gasteiger partial charge is 0.351 e. The summed E-state index contributed by atoms with van der Waals surface area (Å²) in [5.41, 5.74) is 6.18. The van der Waals surface area contributed by atoms with Crippen molar-refractivity contribution in [2.24, 2.45) is 5.73 Å². The Bertz CT molecular complexity index is 429. The highest BCUT2D eigenvalue weighted by molar-refractivity contribution is 6.90. The van der Waals surface area contributed by atoms with Crippen molar-refractivity contribution < 1.29 is 4.79 Å². The van der Waals surface area contributed by atoms with Crippen LogP contribution in [0.15, 0.2) is 18.2 Å². The molecule has 0 aliphatic heterocycles. The van der Waals surface area contributed by atoms with Crippen LogP contribution in [-0.2, 0) is 0 Å². The van der Waals surface area contributed by atoms with Crippen LogP contribution >= 0.6 is 11.6 Å². The molecule has 1 aromatic carbocycles. The second kappa shape index (κ2) is 5.10. The molecule has 0 aliphatic carbocycles. The third-order valence-electron chi connectivity index (χ3n) is 2.65. The number of carbonyl (C=O) groups is 1. The van der Waals surface area contributed by atoms with E-state index in [0.717, 1.165) is 10.9 Å². The molecule has 1 rings (SSSR count). The van der Waals surface area contributed by atoms with Crippen molar-refractivity contribution in [3.8, 4) is 0 Å². The third-order valence-corrected chi connectivity index (χ3v) is 4.97. The van der Waals surface area contributed by atoms with Crippen LogP contribution in [0.3, 0.4) is 0 Å². The minimum Gasteiger partial charge on any atom is -0.351 e. The molecule has 0 radical (unpaired) electrons. The summed E-state index contributed by atoms with van der Waals surface area (Å²) in [6, 6.07) is 5.31. The molecule has 0 saturated heterocycles. The van der Waals surface area contributed by atoms with Gasteiger partial charge in [0.05, 0.1) is 18.8 Å². The monoisotopic (exact) mass is 270 g/mol. The number of primary amides is 1. The van der Waals surface area contributed by atoms with E-state index in [-0.39, 0.29) is 0 Å². The first-order valence-electron chi connectivity index (χ1n) is 5.65. The second-order valence-electron chi connectivity index (χ2n) is 4.97. The molecule has 0 aromatic heterocycles. The third kappa shape index (κ3) is 3.01. The van der Waals surface area contributed by atoms with Gasteiger partial charge >= 0.3 is 6.03 Å². The number of benzene rings is 1. The molecule has 17 heavy (non-hydrogen) atoms. The topological polar surface area (TPSA) is 46.3 Å². The number of rotatable bonds is 3. The van der Waals surface area contributed by atoms with Crippen LogP contribution in [0.1, 0.15) is 6.92 Å². The van der Waals surface area contributed by atoms with Crippen LogP contribution in [0.2, 0.25) is 24.7 Å². The molecule has 2 amide bonds. The van der Waals surface area contributed by atoms with Crippen LogP contribution in [0, 0.1) is 0 Å². The Morgan fingerprint density at radius 1 is 1.41 bits per heavy atom. The van der Waals surface area contributed by atoms with Crippen molar-refractivity contribution in [1.29, 1.82) is 0 Å². The summed E-state index contributed by atoms with van der Waals surface area (Å²) < 4.78 is 0. The van der Waals surface area contributed by atoms with Crippen molar-refractivity contribution in [2.75, 3.05) is 11.4 Å². The van der Waals surface area contributed by atoms with Crippen molar-refractivity contribution in [3.05, 3.63) is 23.2 Å². The van der Waals surface area contributed by atoms with Crippen LogP contribution in [0.25, 0.3) is 0 Å². The number of hydrogen-bond acceptors (Lipinski definition) is 1. The summed E-state index contributed by atoms with van der Waals surface area (Å²) in [6.45, 7) is 9.07. The highest BCUT2D eigenvalue weighted by Gasteiger charge is 2.26. The fraction of sp³-hybridized carbons (Fsp3) is 0.417. The van der Waals surface area contributed by atoms with Crippen molar-refractivity contribution in [2.45, 2.75) is 26.6 Å². The average Bonchev–Trinajstić information content (AvgIpc) is 2.19. The van der Waals surface area contributed by atoms with Crippen molar-refractivity contribution >= 4 is 36.6 Å². The molecule has 94 valence electrons. The first-order chi connectivity index (χ1) is 7.79. The molecule has 0 heterocycles. The zero-order valence-corrected chi connectivity index (χ0v) is 12.5. The van der Waals surface area contributed by atoms with Gasteiger partial charge in [-0.3, -0.25) is 4.90 Å². The van der Waals surface area contributed by atoms with E-state index in [2.05, 4.69) is 19.6 Å². The maximum absolute atomic E-state index is 11.5. The van der Waals surface area contributed by atoms with E-state index >= 15 is 0 Å². The summed E-state index contributed by atoms with van der Waals surface area (Å²) in [7, 11) is -1.57. The average molecular weight is 271 g/mol. The lowest BCUT2D eigenvalue weighted by Crippen LogP contribution is -2.45. The second-order valence-corrected chi connectivity index (χ2v) is 10.4. The number of urea groups is 1. The zero-order chi connectivity index (χ0) is 13.2. The Kier molecular flexibility index (Phi) is 4.22. The summed E-state index contributed by atoms with van der Waals surface area (Å²) in [5, 5.41) is 1.75. The van der Waals surface area contributed by atoms with Crippen molar-refractivity contribution in [3.63, 3.8) is 0 Å². The number of anilines is 1. The van der Waals surface area contributed by atoms with Gasteiger partial charge in [-0.05, 0) is 18.2 Å². The number of amides is 2. The van der Waals surface area contributed by atoms with Gasteiger partial charge in [0, 0.05) is 6.54 Å². The van der Waals surface area contributed by atoms with Crippen LogP contribution in [0.4, 0.5) is 10.5 Å². The van der Waals surface area contributed by atoms with Crippen molar-refractivity contribution in [1.82, 2.24) is 0 Å². The number of para-hydroxylation sites is 1. The lowest BCUT2D eigenvalue weighted by atomic mass is 10.3. The highest BCUT2D eigenvalue weighted by Crippen LogP contribution is 2.26. The number of hydrogen-bond donors (Lipinski definition) is 1. The SMILES string of the molecule is CCN(C(N)=O)c1c(Cl)cccc1[Si](C)(C)C. The molecule has 0 atom stereocenters. The van der Waals surface area contributed by atoms with Gasteiger partial charge in [-0.15, -0.1) is 0 Å². The smallest absolute Gasteiger partial charge is 0.319 e. The van der Waals surface area contributed by atoms with E-state index < -0.39 is 14.1 Å². The summed E-state index contributed by atoms with van der Waals surface area (Å²) in [4.78, 5) is 13.0.